The van der Waals surface area contributed by atoms with Crippen LogP contribution in [0.2, 0.25) is 0 Å². The second-order valence-electron chi connectivity index (χ2n) is 6.95. The van der Waals surface area contributed by atoms with Crippen LogP contribution >= 0.6 is 0 Å². The van der Waals surface area contributed by atoms with Gasteiger partial charge in [0.25, 0.3) is 0 Å². The van der Waals surface area contributed by atoms with E-state index in [-0.39, 0.29) is 5.91 Å². The maximum atomic E-state index is 12.3. The van der Waals surface area contributed by atoms with Gasteiger partial charge in [-0.3, -0.25) is 14.6 Å². The van der Waals surface area contributed by atoms with Gasteiger partial charge in [-0.2, -0.15) is 5.26 Å². The molecule has 2 fully saturated rings. The van der Waals surface area contributed by atoms with Gasteiger partial charge in [-0.15, -0.1) is 0 Å². The number of hydrogen-bond donors (Lipinski definition) is 1. The second-order valence-corrected chi connectivity index (χ2v) is 6.95. The molecule has 1 N–H and O–H groups in total. The highest BCUT2D eigenvalue weighted by Crippen LogP contribution is 2.39. The Labute approximate surface area is 139 Å². The topological polar surface area (TPSA) is 68.6 Å². The molecular weight excluding hydrogens is 292 g/mol. The van der Waals surface area contributed by atoms with Crippen LogP contribution in [0.5, 0.6) is 0 Å². The number of nitrogens with one attached hydrogen (secondary N) is 1. The number of piperazine rings is 1. The third kappa shape index (κ3) is 5.17. The average molecular weight is 322 g/mol. The van der Waals surface area contributed by atoms with E-state index in [1.165, 1.54) is 0 Å². The van der Waals surface area contributed by atoms with Crippen molar-refractivity contribution in [3.8, 4) is 6.07 Å². The standard InChI is InChI=1S/C17H30N4O2/c1-4-23-10-9-21-8-7-20(11-14(21)2)12-16(22)19-17(3,13-18)15-5-6-15/h14-15H,4-12H2,1-3H3,(H,19,22)/t14-,17+/m1/s1. The molecule has 0 aromatic rings. The predicted molar refractivity (Wildman–Crippen MR) is 88.9 cm³/mol. The summed E-state index contributed by atoms with van der Waals surface area (Å²) in [5, 5.41) is 12.3. The van der Waals surface area contributed by atoms with E-state index in [0.29, 0.717) is 18.5 Å². The Kier molecular flexibility index (Phi) is 6.40. The molecule has 0 radical (unpaired) electrons. The fourth-order valence-electron chi connectivity index (χ4n) is 3.29. The van der Waals surface area contributed by atoms with Gasteiger partial charge in [0.2, 0.25) is 5.91 Å². The van der Waals surface area contributed by atoms with Gasteiger partial charge < -0.3 is 10.1 Å². The Hall–Kier alpha value is -1.16. The molecule has 1 aliphatic carbocycles. The molecule has 2 atom stereocenters. The molecular formula is C17H30N4O2. The maximum Gasteiger partial charge on any atom is 0.235 e. The van der Waals surface area contributed by atoms with Crippen LogP contribution in [0.15, 0.2) is 0 Å². The van der Waals surface area contributed by atoms with Crippen LogP contribution in [0.25, 0.3) is 0 Å². The van der Waals surface area contributed by atoms with E-state index in [4.69, 9.17) is 4.74 Å². The zero-order valence-corrected chi connectivity index (χ0v) is 14.7. The number of carbonyl (C=O) groups excluding carboxylic acids is 1. The van der Waals surface area contributed by atoms with Crippen LogP contribution in [-0.4, -0.2) is 73.2 Å². The van der Waals surface area contributed by atoms with Gasteiger partial charge in [-0.1, -0.05) is 0 Å². The largest absolute Gasteiger partial charge is 0.380 e. The van der Waals surface area contributed by atoms with Crippen LogP contribution in [-0.2, 0) is 9.53 Å². The smallest absolute Gasteiger partial charge is 0.235 e. The molecule has 1 saturated heterocycles. The number of amides is 1. The molecule has 6 nitrogen and oxygen atoms in total. The van der Waals surface area contributed by atoms with Crippen molar-refractivity contribution in [2.24, 2.45) is 5.92 Å². The lowest BCUT2D eigenvalue weighted by Crippen LogP contribution is -2.56. The van der Waals surface area contributed by atoms with Crippen LogP contribution in [0.4, 0.5) is 0 Å². The summed E-state index contributed by atoms with van der Waals surface area (Å²) in [4.78, 5) is 16.9. The van der Waals surface area contributed by atoms with Crippen LogP contribution in [0.1, 0.15) is 33.6 Å². The molecule has 1 saturated carbocycles. The monoisotopic (exact) mass is 322 g/mol. The highest BCUT2D eigenvalue weighted by molar-refractivity contribution is 5.79. The van der Waals surface area contributed by atoms with E-state index in [2.05, 4.69) is 28.1 Å². The van der Waals surface area contributed by atoms with Crippen molar-refractivity contribution in [3.63, 3.8) is 0 Å². The fourth-order valence-corrected chi connectivity index (χ4v) is 3.29. The lowest BCUT2D eigenvalue weighted by molar-refractivity contribution is -0.124. The van der Waals surface area contributed by atoms with Crippen molar-refractivity contribution in [2.45, 2.75) is 45.2 Å². The molecule has 2 rings (SSSR count). The number of carbonyl (C=O) groups is 1. The molecule has 1 amide bonds. The SMILES string of the molecule is CCOCCN1CCN(CC(=O)N[C@@](C)(C#N)C2CC2)C[C@H]1C. The Balaban J connectivity index is 1.74. The highest BCUT2D eigenvalue weighted by atomic mass is 16.5. The average Bonchev–Trinajstić information content (AvgIpc) is 3.34. The lowest BCUT2D eigenvalue weighted by Gasteiger charge is -2.39. The van der Waals surface area contributed by atoms with Crippen molar-refractivity contribution in [1.29, 1.82) is 5.26 Å². The number of rotatable bonds is 8. The van der Waals surface area contributed by atoms with Gasteiger partial charge in [-0.25, -0.2) is 0 Å². The van der Waals surface area contributed by atoms with Crippen molar-refractivity contribution in [2.75, 3.05) is 45.9 Å². The molecule has 0 aromatic heterocycles. The highest BCUT2D eigenvalue weighted by Gasteiger charge is 2.43. The quantitative estimate of drug-likeness (QED) is 0.671. The third-order valence-electron chi connectivity index (χ3n) is 4.97. The number of hydrogen-bond acceptors (Lipinski definition) is 5. The second kappa shape index (κ2) is 8.09. The Morgan fingerprint density at radius 2 is 2.17 bits per heavy atom. The molecule has 1 aliphatic heterocycles. The lowest BCUT2D eigenvalue weighted by atomic mass is 9.98. The molecule has 1 heterocycles. The zero-order valence-electron chi connectivity index (χ0n) is 14.7. The van der Waals surface area contributed by atoms with Crippen LogP contribution < -0.4 is 5.32 Å². The molecule has 2 aliphatic rings. The first-order valence-electron chi connectivity index (χ1n) is 8.75. The van der Waals surface area contributed by atoms with Crippen molar-refractivity contribution in [1.82, 2.24) is 15.1 Å². The first-order chi connectivity index (χ1) is 11.0. The molecule has 0 unspecified atom stereocenters. The summed E-state index contributed by atoms with van der Waals surface area (Å²) in [7, 11) is 0. The molecule has 0 spiro atoms. The summed E-state index contributed by atoms with van der Waals surface area (Å²) < 4.78 is 5.42. The zero-order chi connectivity index (χ0) is 16.9. The summed E-state index contributed by atoms with van der Waals surface area (Å²) in [5.41, 5.74) is -0.692. The van der Waals surface area contributed by atoms with Gasteiger partial charge in [0.1, 0.15) is 5.54 Å². The first-order valence-corrected chi connectivity index (χ1v) is 8.75. The minimum absolute atomic E-state index is 0.0316. The minimum Gasteiger partial charge on any atom is -0.380 e. The van der Waals surface area contributed by atoms with Crippen molar-refractivity contribution >= 4 is 5.91 Å². The van der Waals surface area contributed by atoms with E-state index in [9.17, 15) is 10.1 Å². The molecule has 130 valence electrons. The van der Waals surface area contributed by atoms with Gasteiger partial charge in [-0.05, 0) is 39.5 Å². The summed E-state index contributed by atoms with van der Waals surface area (Å²) in [6.45, 7) is 11.6. The summed E-state index contributed by atoms with van der Waals surface area (Å²) >= 11 is 0. The van der Waals surface area contributed by atoms with Gasteiger partial charge in [0.15, 0.2) is 0 Å². The maximum absolute atomic E-state index is 12.3. The predicted octanol–water partition coefficient (Wildman–Crippen LogP) is 0.837. The molecule has 0 aromatic carbocycles. The van der Waals surface area contributed by atoms with Crippen molar-refractivity contribution < 1.29 is 9.53 Å². The fraction of sp³-hybridized carbons (Fsp3) is 0.882. The minimum atomic E-state index is -0.692. The molecule has 0 bridgehead atoms. The number of nitrogens with zero attached hydrogens (tertiary/aromatic N) is 3. The first kappa shape index (κ1) is 18.2. The summed E-state index contributed by atoms with van der Waals surface area (Å²) in [6.07, 6.45) is 2.08. The Bertz CT molecular complexity index is 446. The number of nitriles is 1. The van der Waals surface area contributed by atoms with Gasteiger partial charge >= 0.3 is 0 Å². The summed E-state index contributed by atoms with van der Waals surface area (Å²) in [5.74, 6) is 0.293. The summed E-state index contributed by atoms with van der Waals surface area (Å²) in [6, 6.07) is 2.70. The van der Waals surface area contributed by atoms with Gasteiger partial charge in [0, 0.05) is 38.8 Å². The van der Waals surface area contributed by atoms with E-state index in [0.717, 1.165) is 52.2 Å². The Morgan fingerprint density at radius 1 is 1.43 bits per heavy atom. The molecule has 6 heteroatoms. The van der Waals surface area contributed by atoms with E-state index >= 15 is 0 Å². The Morgan fingerprint density at radius 3 is 2.74 bits per heavy atom. The van der Waals surface area contributed by atoms with Crippen LogP contribution in [0, 0.1) is 17.2 Å². The third-order valence-corrected chi connectivity index (χ3v) is 4.97. The molecule has 23 heavy (non-hydrogen) atoms. The van der Waals surface area contributed by atoms with Crippen molar-refractivity contribution in [3.05, 3.63) is 0 Å². The normalized spacial score (nSPS) is 25.6. The number of ether oxygens (including phenoxy) is 1. The van der Waals surface area contributed by atoms with E-state index < -0.39 is 5.54 Å². The van der Waals surface area contributed by atoms with E-state index in [1.54, 1.807) is 0 Å². The van der Waals surface area contributed by atoms with Gasteiger partial charge in [0.05, 0.1) is 19.2 Å². The van der Waals surface area contributed by atoms with E-state index in [1.807, 2.05) is 13.8 Å². The van der Waals surface area contributed by atoms with Crippen LogP contribution in [0.3, 0.4) is 0 Å².